The molecule has 0 radical (unpaired) electrons. The average molecular weight is 228 g/mol. The molecule has 0 unspecified atom stereocenters. The van der Waals surface area contributed by atoms with E-state index in [1.807, 2.05) is 20.8 Å². The predicted molar refractivity (Wildman–Crippen MR) is 61.2 cm³/mol. The maximum atomic E-state index is 11.5. The standard InChI is InChI=1S/C10H16N2O2S/c1-10(2,3)14-9(13)12-5-8(6-12)4-11-7-15/h8H,4-6H2,1-3H3. The number of likely N-dealkylation sites (tertiary alicyclic amines) is 1. The summed E-state index contributed by atoms with van der Waals surface area (Å²) in [7, 11) is 0. The molecule has 0 N–H and O–H groups in total. The third-order valence-corrected chi connectivity index (χ3v) is 2.15. The number of isothiocyanates is 1. The Morgan fingerprint density at radius 1 is 1.60 bits per heavy atom. The molecule has 4 nitrogen and oxygen atoms in total. The van der Waals surface area contributed by atoms with Crippen molar-refractivity contribution in [3.63, 3.8) is 0 Å². The van der Waals surface area contributed by atoms with Crippen LogP contribution in [0.25, 0.3) is 0 Å². The molecule has 0 saturated carbocycles. The van der Waals surface area contributed by atoms with E-state index < -0.39 is 5.60 Å². The first-order valence-corrected chi connectivity index (χ1v) is 5.35. The molecule has 1 amide bonds. The molecular formula is C10H16N2O2S. The molecule has 1 rings (SSSR count). The van der Waals surface area contributed by atoms with Gasteiger partial charge in [-0.05, 0) is 33.0 Å². The van der Waals surface area contributed by atoms with Crippen molar-refractivity contribution in [3.8, 4) is 0 Å². The fourth-order valence-corrected chi connectivity index (χ4v) is 1.40. The Labute approximate surface area is 95.3 Å². The Balaban J connectivity index is 2.26. The van der Waals surface area contributed by atoms with Gasteiger partial charge >= 0.3 is 6.09 Å². The zero-order valence-corrected chi connectivity index (χ0v) is 10.1. The maximum Gasteiger partial charge on any atom is 0.410 e. The van der Waals surface area contributed by atoms with Gasteiger partial charge < -0.3 is 9.64 Å². The molecule has 1 saturated heterocycles. The fourth-order valence-electron chi connectivity index (χ4n) is 1.33. The van der Waals surface area contributed by atoms with Gasteiger partial charge in [0, 0.05) is 19.0 Å². The second-order valence-electron chi connectivity index (χ2n) is 4.68. The van der Waals surface area contributed by atoms with Gasteiger partial charge in [-0.3, -0.25) is 0 Å². The third kappa shape index (κ3) is 3.98. The van der Waals surface area contributed by atoms with Crippen LogP contribution in [0.4, 0.5) is 4.79 Å². The number of thiocarbonyl (C=S) groups is 1. The van der Waals surface area contributed by atoms with Crippen LogP contribution in [-0.2, 0) is 4.74 Å². The van der Waals surface area contributed by atoms with Gasteiger partial charge in [-0.25, -0.2) is 9.79 Å². The van der Waals surface area contributed by atoms with Crippen molar-refractivity contribution in [1.82, 2.24) is 4.90 Å². The van der Waals surface area contributed by atoms with Crippen LogP contribution < -0.4 is 0 Å². The summed E-state index contributed by atoms with van der Waals surface area (Å²) in [6.07, 6.45) is -0.245. The number of nitrogens with zero attached hydrogens (tertiary/aromatic N) is 2. The van der Waals surface area contributed by atoms with Crippen LogP contribution >= 0.6 is 12.2 Å². The molecule has 0 spiro atoms. The van der Waals surface area contributed by atoms with Crippen molar-refractivity contribution in [2.75, 3.05) is 19.6 Å². The van der Waals surface area contributed by atoms with Crippen molar-refractivity contribution in [2.24, 2.45) is 10.9 Å². The predicted octanol–water partition coefficient (Wildman–Crippen LogP) is 1.96. The smallest absolute Gasteiger partial charge is 0.410 e. The number of hydrogen-bond acceptors (Lipinski definition) is 4. The molecule has 1 aliphatic rings. The maximum absolute atomic E-state index is 11.5. The highest BCUT2D eigenvalue weighted by Crippen LogP contribution is 2.19. The molecule has 1 aliphatic heterocycles. The summed E-state index contributed by atoms with van der Waals surface area (Å²) in [5.41, 5.74) is -0.422. The first-order valence-electron chi connectivity index (χ1n) is 4.94. The Bertz CT molecular complexity index is 286. The molecule has 0 aromatic carbocycles. The molecule has 0 bridgehead atoms. The molecule has 15 heavy (non-hydrogen) atoms. The lowest BCUT2D eigenvalue weighted by atomic mass is 10.0. The quantitative estimate of drug-likeness (QED) is 0.536. The van der Waals surface area contributed by atoms with Gasteiger partial charge in [0.2, 0.25) is 0 Å². The number of carbonyl (C=O) groups excluding carboxylic acids is 1. The number of rotatable bonds is 2. The number of ether oxygens (including phenoxy) is 1. The molecule has 0 atom stereocenters. The van der Waals surface area contributed by atoms with Crippen molar-refractivity contribution >= 4 is 23.5 Å². The van der Waals surface area contributed by atoms with Gasteiger partial charge in [-0.2, -0.15) is 0 Å². The van der Waals surface area contributed by atoms with E-state index in [2.05, 4.69) is 22.4 Å². The average Bonchev–Trinajstić information content (AvgIpc) is 1.98. The van der Waals surface area contributed by atoms with Gasteiger partial charge in [-0.1, -0.05) is 0 Å². The van der Waals surface area contributed by atoms with Crippen LogP contribution in [0.5, 0.6) is 0 Å². The van der Waals surface area contributed by atoms with Gasteiger partial charge in [0.1, 0.15) is 5.60 Å². The van der Waals surface area contributed by atoms with Crippen LogP contribution in [0.1, 0.15) is 20.8 Å². The molecule has 84 valence electrons. The monoisotopic (exact) mass is 228 g/mol. The summed E-state index contributed by atoms with van der Waals surface area (Å²) in [5.74, 6) is 0.410. The normalized spacial score (nSPS) is 16.6. The van der Waals surface area contributed by atoms with E-state index >= 15 is 0 Å². The second-order valence-corrected chi connectivity index (χ2v) is 4.87. The second kappa shape index (κ2) is 4.73. The topological polar surface area (TPSA) is 41.9 Å². The zero-order valence-electron chi connectivity index (χ0n) is 9.32. The Morgan fingerprint density at radius 2 is 2.20 bits per heavy atom. The van der Waals surface area contributed by atoms with E-state index in [1.165, 1.54) is 0 Å². The zero-order chi connectivity index (χ0) is 11.5. The highest BCUT2D eigenvalue weighted by atomic mass is 32.1. The number of aliphatic imine (C=N–C) groups is 1. The third-order valence-electron chi connectivity index (χ3n) is 2.02. The largest absolute Gasteiger partial charge is 0.444 e. The van der Waals surface area contributed by atoms with Crippen molar-refractivity contribution < 1.29 is 9.53 Å². The van der Waals surface area contributed by atoms with Crippen LogP contribution in [-0.4, -0.2) is 41.4 Å². The highest BCUT2D eigenvalue weighted by Gasteiger charge is 2.33. The lowest BCUT2D eigenvalue weighted by Gasteiger charge is -2.38. The summed E-state index contributed by atoms with van der Waals surface area (Å²) in [6.45, 7) is 7.64. The summed E-state index contributed by atoms with van der Waals surface area (Å²) >= 11 is 4.47. The van der Waals surface area contributed by atoms with Crippen LogP contribution in [0.15, 0.2) is 4.99 Å². The van der Waals surface area contributed by atoms with Crippen LogP contribution in [0, 0.1) is 5.92 Å². The lowest BCUT2D eigenvalue weighted by Crippen LogP contribution is -2.52. The minimum absolute atomic E-state index is 0.245. The van der Waals surface area contributed by atoms with Gasteiger partial charge in [0.25, 0.3) is 0 Å². The molecule has 1 heterocycles. The van der Waals surface area contributed by atoms with E-state index in [1.54, 1.807) is 4.90 Å². The summed E-state index contributed by atoms with van der Waals surface area (Å²) in [6, 6.07) is 0. The van der Waals surface area contributed by atoms with E-state index in [0.29, 0.717) is 25.6 Å². The van der Waals surface area contributed by atoms with E-state index in [0.717, 1.165) is 0 Å². The Hall–Kier alpha value is -0.930. The van der Waals surface area contributed by atoms with E-state index in [-0.39, 0.29) is 6.09 Å². The first kappa shape index (κ1) is 12.1. The Kier molecular flexibility index (Phi) is 3.83. The SMILES string of the molecule is CC(C)(C)OC(=O)N1CC(CN=C=S)C1. The molecule has 0 aliphatic carbocycles. The first-order chi connectivity index (χ1) is 6.92. The van der Waals surface area contributed by atoms with Crippen LogP contribution in [0.3, 0.4) is 0 Å². The minimum atomic E-state index is -0.422. The van der Waals surface area contributed by atoms with Crippen molar-refractivity contribution in [2.45, 2.75) is 26.4 Å². The van der Waals surface area contributed by atoms with E-state index in [4.69, 9.17) is 4.74 Å². The molecule has 5 heteroatoms. The molecule has 1 fully saturated rings. The van der Waals surface area contributed by atoms with Crippen molar-refractivity contribution in [1.29, 1.82) is 0 Å². The summed E-state index contributed by atoms with van der Waals surface area (Å²) in [5, 5.41) is 2.32. The molecule has 0 aromatic heterocycles. The number of amides is 1. The van der Waals surface area contributed by atoms with Crippen LogP contribution in [0.2, 0.25) is 0 Å². The molecule has 0 aromatic rings. The van der Waals surface area contributed by atoms with Gasteiger partial charge in [0.15, 0.2) is 0 Å². The molecular weight excluding hydrogens is 212 g/mol. The summed E-state index contributed by atoms with van der Waals surface area (Å²) < 4.78 is 5.21. The number of hydrogen-bond donors (Lipinski definition) is 0. The summed E-state index contributed by atoms with van der Waals surface area (Å²) in [4.78, 5) is 17.0. The fraction of sp³-hybridized carbons (Fsp3) is 0.800. The van der Waals surface area contributed by atoms with Gasteiger partial charge in [-0.15, -0.1) is 0 Å². The van der Waals surface area contributed by atoms with Crippen molar-refractivity contribution in [3.05, 3.63) is 0 Å². The van der Waals surface area contributed by atoms with Gasteiger partial charge in [0.05, 0.1) is 11.7 Å². The van der Waals surface area contributed by atoms with E-state index in [9.17, 15) is 4.79 Å². The Morgan fingerprint density at radius 3 is 2.67 bits per heavy atom. The lowest BCUT2D eigenvalue weighted by molar-refractivity contribution is 0.000425. The highest BCUT2D eigenvalue weighted by molar-refractivity contribution is 7.78. The number of carbonyl (C=O) groups is 1. The minimum Gasteiger partial charge on any atom is -0.444 e.